The molecular formula is C25H32N2O5S2. The van der Waals surface area contributed by atoms with E-state index in [0.29, 0.717) is 54.1 Å². The van der Waals surface area contributed by atoms with Crippen molar-refractivity contribution in [3.63, 3.8) is 0 Å². The Bertz CT molecular complexity index is 1140. The zero-order chi connectivity index (χ0) is 24.5. The number of anilines is 1. The van der Waals surface area contributed by atoms with Crippen LogP contribution in [0.25, 0.3) is 0 Å². The number of aromatic nitrogens is 1. The van der Waals surface area contributed by atoms with Crippen molar-refractivity contribution in [2.24, 2.45) is 11.3 Å². The van der Waals surface area contributed by atoms with Gasteiger partial charge in [-0.15, -0.1) is 11.3 Å². The van der Waals surface area contributed by atoms with Gasteiger partial charge in [0.25, 0.3) is 0 Å². The van der Waals surface area contributed by atoms with Crippen LogP contribution in [-0.2, 0) is 19.4 Å². The number of ketones is 1. The van der Waals surface area contributed by atoms with E-state index in [0.717, 1.165) is 18.4 Å². The zero-order valence-electron chi connectivity index (χ0n) is 19.9. The first-order chi connectivity index (χ1) is 16.1. The average Bonchev–Trinajstić information content (AvgIpc) is 3.58. The molecule has 0 radical (unpaired) electrons. The molecule has 0 unspecified atom stereocenters. The third-order valence-corrected chi connectivity index (χ3v) is 9.48. The van der Waals surface area contributed by atoms with Gasteiger partial charge < -0.3 is 10.1 Å². The van der Waals surface area contributed by atoms with Gasteiger partial charge in [0.05, 0.1) is 16.1 Å². The van der Waals surface area contributed by atoms with Gasteiger partial charge in [-0.05, 0) is 55.7 Å². The second-order valence-electron chi connectivity index (χ2n) is 10.3. The second-order valence-corrected chi connectivity index (χ2v) is 13.3. The van der Waals surface area contributed by atoms with E-state index in [-0.39, 0.29) is 16.9 Å². The molecule has 2 aromatic rings. The highest BCUT2D eigenvalue weighted by Crippen LogP contribution is 2.35. The predicted molar refractivity (Wildman–Crippen MR) is 132 cm³/mol. The molecule has 2 fully saturated rings. The summed E-state index contributed by atoms with van der Waals surface area (Å²) < 4.78 is 30.6. The lowest BCUT2D eigenvalue weighted by atomic mass is 9.84. The molecule has 1 aromatic carbocycles. The molecule has 4 rings (SSSR count). The van der Waals surface area contributed by atoms with E-state index in [2.05, 4.69) is 10.3 Å². The molecule has 1 aliphatic heterocycles. The SMILES string of the molecule is CC(C)(C)C(=O)c1csc(NC(=O)[C@H](CC2CCOCC2)c2ccc(S(=O)(=O)C3CC3)cc2)n1. The third-order valence-electron chi connectivity index (χ3n) is 6.45. The Morgan fingerprint density at radius 2 is 1.76 bits per heavy atom. The molecule has 1 saturated heterocycles. The number of ether oxygens (including phenoxy) is 1. The maximum atomic E-state index is 13.4. The van der Waals surface area contributed by atoms with Gasteiger partial charge in [0.15, 0.2) is 20.8 Å². The standard InChI is InChI=1S/C25H32N2O5S2/c1-25(2,3)22(28)21-15-33-24(26-21)27-23(29)20(14-16-10-12-32-13-11-16)17-4-6-18(7-5-17)34(30,31)19-8-9-19/h4-7,15-16,19-20H,8-14H2,1-3H3,(H,26,27,29)/t20-/m1/s1. The Hall–Kier alpha value is -2.10. The lowest BCUT2D eigenvalue weighted by molar-refractivity contribution is -0.118. The Balaban J connectivity index is 1.54. The second kappa shape index (κ2) is 9.87. The summed E-state index contributed by atoms with van der Waals surface area (Å²) in [5, 5.41) is 4.69. The molecule has 1 saturated carbocycles. The van der Waals surface area contributed by atoms with Crippen molar-refractivity contribution < 1.29 is 22.7 Å². The summed E-state index contributed by atoms with van der Waals surface area (Å²) in [5.41, 5.74) is 0.577. The maximum absolute atomic E-state index is 13.4. The number of benzene rings is 1. The number of nitrogens with zero attached hydrogens (tertiary/aromatic N) is 1. The van der Waals surface area contributed by atoms with Crippen LogP contribution in [0.15, 0.2) is 34.5 Å². The first-order valence-electron chi connectivity index (χ1n) is 11.8. The van der Waals surface area contributed by atoms with Crippen LogP contribution in [0.3, 0.4) is 0 Å². The normalized spacial score (nSPS) is 18.4. The van der Waals surface area contributed by atoms with E-state index in [1.807, 2.05) is 20.8 Å². The van der Waals surface area contributed by atoms with Crippen molar-refractivity contribution in [1.82, 2.24) is 4.98 Å². The number of nitrogens with one attached hydrogen (secondary N) is 1. The van der Waals surface area contributed by atoms with Gasteiger partial charge in [0, 0.05) is 24.0 Å². The van der Waals surface area contributed by atoms with Crippen LogP contribution in [0.5, 0.6) is 0 Å². The molecular weight excluding hydrogens is 472 g/mol. The van der Waals surface area contributed by atoms with Crippen molar-refractivity contribution in [2.45, 2.75) is 68.9 Å². The van der Waals surface area contributed by atoms with Crippen molar-refractivity contribution >= 4 is 38.0 Å². The molecule has 1 N–H and O–H groups in total. The number of sulfone groups is 1. The number of hydrogen-bond acceptors (Lipinski definition) is 7. The van der Waals surface area contributed by atoms with E-state index in [9.17, 15) is 18.0 Å². The number of thiazole rings is 1. The topological polar surface area (TPSA) is 102 Å². The Labute approximate surface area is 205 Å². The fraction of sp³-hybridized carbons (Fsp3) is 0.560. The number of rotatable bonds is 8. The first-order valence-corrected chi connectivity index (χ1v) is 14.2. The molecule has 1 aliphatic carbocycles. The van der Waals surface area contributed by atoms with Crippen molar-refractivity contribution in [3.05, 3.63) is 40.9 Å². The van der Waals surface area contributed by atoms with Crippen LogP contribution < -0.4 is 5.32 Å². The quantitative estimate of drug-likeness (QED) is 0.516. The molecule has 0 bridgehead atoms. The minimum absolute atomic E-state index is 0.0736. The van der Waals surface area contributed by atoms with Gasteiger partial charge in [-0.1, -0.05) is 32.9 Å². The highest BCUT2D eigenvalue weighted by atomic mass is 32.2. The lowest BCUT2D eigenvalue weighted by Crippen LogP contribution is -2.26. The van der Waals surface area contributed by atoms with Crippen LogP contribution in [0.2, 0.25) is 0 Å². The van der Waals surface area contributed by atoms with Gasteiger partial charge in [-0.25, -0.2) is 13.4 Å². The molecule has 2 aliphatic rings. The van der Waals surface area contributed by atoms with Gasteiger partial charge in [0.2, 0.25) is 5.91 Å². The molecule has 1 atom stereocenters. The largest absolute Gasteiger partial charge is 0.381 e. The van der Waals surface area contributed by atoms with E-state index in [4.69, 9.17) is 4.74 Å². The zero-order valence-corrected chi connectivity index (χ0v) is 21.5. The van der Waals surface area contributed by atoms with Crippen LogP contribution in [0.1, 0.15) is 74.8 Å². The Morgan fingerprint density at radius 1 is 1.12 bits per heavy atom. The Morgan fingerprint density at radius 3 is 2.35 bits per heavy atom. The van der Waals surface area contributed by atoms with Gasteiger partial charge in [-0.3, -0.25) is 9.59 Å². The number of carbonyl (C=O) groups is 2. The van der Waals surface area contributed by atoms with E-state index >= 15 is 0 Å². The average molecular weight is 505 g/mol. The minimum atomic E-state index is -3.28. The highest BCUT2D eigenvalue weighted by molar-refractivity contribution is 7.92. The number of Topliss-reactive ketones (excluding diaryl/α,β-unsaturated/α-hetero) is 1. The van der Waals surface area contributed by atoms with Crippen molar-refractivity contribution in [1.29, 1.82) is 0 Å². The third kappa shape index (κ3) is 5.75. The molecule has 7 nitrogen and oxygen atoms in total. The molecule has 34 heavy (non-hydrogen) atoms. The molecule has 184 valence electrons. The summed E-state index contributed by atoms with van der Waals surface area (Å²) in [4.78, 5) is 30.6. The smallest absolute Gasteiger partial charge is 0.233 e. The van der Waals surface area contributed by atoms with E-state index in [1.54, 1.807) is 29.6 Å². The number of amides is 1. The van der Waals surface area contributed by atoms with Crippen molar-refractivity contribution in [3.8, 4) is 0 Å². The fourth-order valence-corrected chi connectivity index (χ4v) is 6.53. The molecule has 1 amide bonds. The molecule has 1 aromatic heterocycles. The molecule has 0 spiro atoms. The summed E-state index contributed by atoms with van der Waals surface area (Å²) in [6.45, 7) is 6.88. The van der Waals surface area contributed by atoms with E-state index < -0.39 is 21.2 Å². The Kier molecular flexibility index (Phi) is 7.26. The minimum Gasteiger partial charge on any atom is -0.381 e. The molecule has 9 heteroatoms. The van der Waals surface area contributed by atoms with Crippen LogP contribution in [-0.4, -0.2) is 43.6 Å². The lowest BCUT2D eigenvalue weighted by Gasteiger charge is -2.26. The van der Waals surface area contributed by atoms with Crippen LogP contribution >= 0.6 is 11.3 Å². The summed E-state index contributed by atoms with van der Waals surface area (Å²) >= 11 is 1.23. The van der Waals surface area contributed by atoms with Crippen LogP contribution in [0, 0.1) is 11.3 Å². The van der Waals surface area contributed by atoms with Crippen molar-refractivity contribution in [2.75, 3.05) is 18.5 Å². The van der Waals surface area contributed by atoms with E-state index in [1.165, 1.54) is 11.3 Å². The summed E-state index contributed by atoms with van der Waals surface area (Å²) in [5.74, 6) is -0.385. The van der Waals surface area contributed by atoms with Gasteiger partial charge in [0.1, 0.15) is 5.69 Å². The monoisotopic (exact) mass is 504 g/mol. The maximum Gasteiger partial charge on any atom is 0.233 e. The van der Waals surface area contributed by atoms with Gasteiger partial charge >= 0.3 is 0 Å². The number of hydrogen-bond donors (Lipinski definition) is 1. The number of carbonyl (C=O) groups excluding carboxylic acids is 2. The summed E-state index contributed by atoms with van der Waals surface area (Å²) in [7, 11) is -3.28. The molecule has 2 heterocycles. The summed E-state index contributed by atoms with van der Waals surface area (Å²) in [6, 6.07) is 6.76. The first kappa shape index (κ1) is 25.0. The highest BCUT2D eigenvalue weighted by Gasteiger charge is 2.37. The van der Waals surface area contributed by atoms with Crippen LogP contribution in [0.4, 0.5) is 5.13 Å². The summed E-state index contributed by atoms with van der Waals surface area (Å²) in [6.07, 6.45) is 3.85. The van der Waals surface area contributed by atoms with Gasteiger partial charge in [-0.2, -0.15) is 0 Å². The predicted octanol–water partition coefficient (Wildman–Crippen LogP) is 4.85. The fourth-order valence-electron chi connectivity index (χ4n) is 4.18.